The number of carbonyl (C=O) groups is 1. The molecule has 0 unspecified atom stereocenters. The number of aryl methyl sites for hydroxylation is 1. The predicted octanol–water partition coefficient (Wildman–Crippen LogP) is 2.12. The van der Waals surface area contributed by atoms with E-state index in [9.17, 15) is 9.18 Å². The Morgan fingerprint density at radius 1 is 1.38 bits per heavy atom. The van der Waals surface area contributed by atoms with Crippen LogP contribution in [0.5, 0.6) is 0 Å². The first-order chi connectivity index (χ1) is 6.24. The highest BCUT2D eigenvalue weighted by Crippen LogP contribution is 2.04. The molecular formula is C10H11FO2. The average Bonchev–Trinajstić information content (AvgIpc) is 2.15. The Morgan fingerprint density at radius 3 is 2.54 bits per heavy atom. The maximum Gasteiger partial charge on any atom is 0.188 e. The highest BCUT2D eigenvalue weighted by atomic mass is 19.1. The second-order valence-corrected chi connectivity index (χ2v) is 2.75. The lowest BCUT2D eigenvalue weighted by Crippen LogP contribution is -2.08. The summed E-state index contributed by atoms with van der Waals surface area (Å²) in [5.74, 6) is -0.197. The first kappa shape index (κ1) is 9.86. The standard InChI is InChI=1S/C10H11FO2/c1-8-2-4-9(5-3-8)10(12)6-13-7-11/h2-5H,6-7H2,1H3. The van der Waals surface area contributed by atoms with Crippen molar-refractivity contribution in [2.24, 2.45) is 0 Å². The summed E-state index contributed by atoms with van der Waals surface area (Å²) in [5, 5.41) is 0. The van der Waals surface area contributed by atoms with E-state index in [-0.39, 0.29) is 12.4 Å². The second-order valence-electron chi connectivity index (χ2n) is 2.75. The van der Waals surface area contributed by atoms with Crippen molar-refractivity contribution in [3.05, 3.63) is 35.4 Å². The Kier molecular flexibility index (Phi) is 3.58. The van der Waals surface area contributed by atoms with Crippen LogP contribution in [0.2, 0.25) is 0 Å². The number of alkyl halides is 1. The number of Topliss-reactive ketones (excluding diaryl/α,β-unsaturated/α-hetero) is 1. The number of halogens is 1. The van der Waals surface area contributed by atoms with Crippen LogP contribution in [0.4, 0.5) is 4.39 Å². The minimum Gasteiger partial charge on any atom is -0.342 e. The van der Waals surface area contributed by atoms with E-state index < -0.39 is 6.86 Å². The quantitative estimate of drug-likeness (QED) is 0.667. The predicted molar refractivity (Wildman–Crippen MR) is 47.4 cm³/mol. The lowest BCUT2D eigenvalue weighted by atomic mass is 10.1. The molecule has 0 aliphatic heterocycles. The normalized spacial score (nSPS) is 10.0. The molecule has 1 rings (SSSR count). The highest BCUT2D eigenvalue weighted by molar-refractivity contribution is 5.97. The smallest absolute Gasteiger partial charge is 0.188 e. The number of hydrogen-bond donors (Lipinski definition) is 0. The van der Waals surface area contributed by atoms with Gasteiger partial charge in [-0.1, -0.05) is 29.8 Å². The number of carbonyl (C=O) groups excluding carboxylic acids is 1. The molecule has 1 aromatic carbocycles. The van der Waals surface area contributed by atoms with Gasteiger partial charge in [0.05, 0.1) is 0 Å². The highest BCUT2D eigenvalue weighted by Gasteiger charge is 2.04. The van der Waals surface area contributed by atoms with Crippen LogP contribution in [0.15, 0.2) is 24.3 Å². The molecule has 0 aromatic heterocycles. The van der Waals surface area contributed by atoms with Gasteiger partial charge in [0.15, 0.2) is 12.6 Å². The van der Waals surface area contributed by atoms with Crippen LogP contribution in [0.25, 0.3) is 0 Å². The molecule has 0 fully saturated rings. The van der Waals surface area contributed by atoms with Crippen LogP contribution in [0, 0.1) is 6.92 Å². The van der Waals surface area contributed by atoms with Crippen molar-refractivity contribution >= 4 is 5.78 Å². The van der Waals surface area contributed by atoms with Crippen LogP contribution >= 0.6 is 0 Å². The second kappa shape index (κ2) is 4.72. The Balaban J connectivity index is 2.61. The van der Waals surface area contributed by atoms with E-state index in [0.29, 0.717) is 5.56 Å². The van der Waals surface area contributed by atoms with Gasteiger partial charge >= 0.3 is 0 Å². The van der Waals surface area contributed by atoms with Gasteiger partial charge in [-0.2, -0.15) is 0 Å². The third kappa shape index (κ3) is 2.95. The third-order valence-electron chi connectivity index (χ3n) is 1.68. The van der Waals surface area contributed by atoms with Gasteiger partial charge in [-0.15, -0.1) is 0 Å². The van der Waals surface area contributed by atoms with Gasteiger partial charge in [0, 0.05) is 5.56 Å². The summed E-state index contributed by atoms with van der Waals surface area (Å²) in [6.45, 7) is 0.823. The first-order valence-corrected chi connectivity index (χ1v) is 3.97. The molecule has 0 N–H and O–H groups in total. The minimum atomic E-state index is -0.919. The molecule has 0 amide bonds. The number of rotatable bonds is 4. The van der Waals surface area contributed by atoms with Gasteiger partial charge in [0.1, 0.15) is 6.61 Å². The molecular weight excluding hydrogens is 171 g/mol. The molecule has 0 atom stereocenters. The van der Waals surface area contributed by atoms with Crippen molar-refractivity contribution in [3.63, 3.8) is 0 Å². The Labute approximate surface area is 76.3 Å². The van der Waals surface area contributed by atoms with Crippen LogP contribution in [-0.2, 0) is 4.74 Å². The molecule has 0 bridgehead atoms. The molecule has 0 saturated heterocycles. The average molecular weight is 182 g/mol. The molecule has 0 aliphatic carbocycles. The summed E-state index contributed by atoms with van der Waals surface area (Å²) in [7, 11) is 0. The molecule has 2 nitrogen and oxygen atoms in total. The minimum absolute atomic E-state index is 0.195. The van der Waals surface area contributed by atoms with Crippen molar-refractivity contribution in [2.75, 3.05) is 13.5 Å². The Bertz CT molecular complexity index is 279. The lowest BCUT2D eigenvalue weighted by Gasteiger charge is -2.00. The molecule has 0 spiro atoms. The number of ketones is 1. The third-order valence-corrected chi connectivity index (χ3v) is 1.68. The summed E-state index contributed by atoms with van der Waals surface area (Å²) in [5.41, 5.74) is 1.64. The molecule has 13 heavy (non-hydrogen) atoms. The Morgan fingerprint density at radius 2 is 2.00 bits per heavy atom. The van der Waals surface area contributed by atoms with Crippen molar-refractivity contribution < 1.29 is 13.9 Å². The van der Waals surface area contributed by atoms with E-state index in [1.165, 1.54) is 0 Å². The fourth-order valence-electron chi connectivity index (χ4n) is 0.954. The van der Waals surface area contributed by atoms with Crippen LogP contribution < -0.4 is 0 Å². The van der Waals surface area contributed by atoms with Gasteiger partial charge in [-0.05, 0) is 6.92 Å². The Hall–Kier alpha value is -1.22. The number of ether oxygens (including phenoxy) is 1. The fraction of sp³-hybridized carbons (Fsp3) is 0.300. The summed E-state index contributed by atoms with van der Waals surface area (Å²) in [6, 6.07) is 7.09. The number of hydrogen-bond acceptors (Lipinski definition) is 2. The van der Waals surface area contributed by atoms with E-state index in [2.05, 4.69) is 4.74 Å². The number of benzene rings is 1. The summed E-state index contributed by atoms with van der Waals surface area (Å²) < 4.78 is 15.9. The molecule has 0 saturated carbocycles. The van der Waals surface area contributed by atoms with Crippen LogP contribution in [-0.4, -0.2) is 19.3 Å². The zero-order chi connectivity index (χ0) is 9.68. The van der Waals surface area contributed by atoms with Gasteiger partial charge in [-0.25, -0.2) is 4.39 Å². The zero-order valence-electron chi connectivity index (χ0n) is 7.42. The van der Waals surface area contributed by atoms with Gasteiger partial charge in [0.25, 0.3) is 0 Å². The molecule has 70 valence electrons. The molecule has 3 heteroatoms. The van der Waals surface area contributed by atoms with E-state index >= 15 is 0 Å². The topological polar surface area (TPSA) is 26.3 Å². The van der Waals surface area contributed by atoms with Gasteiger partial charge in [-0.3, -0.25) is 4.79 Å². The summed E-state index contributed by atoms with van der Waals surface area (Å²) >= 11 is 0. The van der Waals surface area contributed by atoms with E-state index in [0.717, 1.165) is 5.56 Å². The van der Waals surface area contributed by atoms with E-state index in [1.807, 2.05) is 19.1 Å². The SMILES string of the molecule is Cc1ccc(C(=O)COCF)cc1. The molecule has 0 radical (unpaired) electrons. The zero-order valence-corrected chi connectivity index (χ0v) is 7.42. The first-order valence-electron chi connectivity index (χ1n) is 3.97. The van der Waals surface area contributed by atoms with Crippen LogP contribution in [0.1, 0.15) is 15.9 Å². The van der Waals surface area contributed by atoms with Crippen molar-refractivity contribution in [3.8, 4) is 0 Å². The van der Waals surface area contributed by atoms with Crippen molar-refractivity contribution in [2.45, 2.75) is 6.92 Å². The van der Waals surface area contributed by atoms with E-state index in [1.54, 1.807) is 12.1 Å². The maximum atomic E-state index is 11.6. The maximum absolute atomic E-state index is 11.6. The molecule has 0 aliphatic rings. The van der Waals surface area contributed by atoms with Crippen molar-refractivity contribution in [1.82, 2.24) is 0 Å². The lowest BCUT2D eigenvalue weighted by molar-refractivity contribution is 0.0483. The molecule has 0 heterocycles. The van der Waals surface area contributed by atoms with E-state index in [4.69, 9.17) is 0 Å². The monoisotopic (exact) mass is 182 g/mol. The van der Waals surface area contributed by atoms with Gasteiger partial charge < -0.3 is 4.74 Å². The molecule has 1 aromatic rings. The fourth-order valence-corrected chi connectivity index (χ4v) is 0.954. The summed E-state index contributed by atoms with van der Waals surface area (Å²) in [4.78, 5) is 11.2. The van der Waals surface area contributed by atoms with Crippen molar-refractivity contribution in [1.29, 1.82) is 0 Å². The van der Waals surface area contributed by atoms with Gasteiger partial charge in [0.2, 0.25) is 0 Å². The summed E-state index contributed by atoms with van der Waals surface area (Å²) in [6.07, 6.45) is 0. The van der Waals surface area contributed by atoms with Crippen LogP contribution in [0.3, 0.4) is 0 Å². The largest absolute Gasteiger partial charge is 0.342 e.